The molecule has 0 saturated heterocycles. The lowest BCUT2D eigenvalue weighted by Gasteiger charge is -2.13. The van der Waals surface area contributed by atoms with Crippen LogP contribution in [0.25, 0.3) is 0 Å². The Bertz CT molecular complexity index is 936. The molecular formula is C24H29NO7. The zero-order chi connectivity index (χ0) is 23.4. The van der Waals surface area contributed by atoms with Gasteiger partial charge in [0.05, 0.1) is 40.3 Å². The highest BCUT2D eigenvalue weighted by Crippen LogP contribution is 2.44. The molecule has 8 nitrogen and oxygen atoms in total. The quantitative estimate of drug-likeness (QED) is 0.705. The van der Waals surface area contributed by atoms with Crippen LogP contribution in [0.15, 0.2) is 24.3 Å². The minimum atomic E-state index is -0.772. The van der Waals surface area contributed by atoms with Gasteiger partial charge in [0.15, 0.2) is 23.0 Å². The van der Waals surface area contributed by atoms with Crippen molar-refractivity contribution in [3.8, 4) is 23.0 Å². The third-order valence-electron chi connectivity index (χ3n) is 6.13. The van der Waals surface area contributed by atoms with Crippen LogP contribution >= 0.6 is 0 Å². The van der Waals surface area contributed by atoms with Gasteiger partial charge in [-0.25, -0.2) is 0 Å². The topological polar surface area (TPSA) is 117 Å². The number of hydrogen-bond donors (Lipinski definition) is 2. The lowest BCUT2D eigenvalue weighted by Crippen LogP contribution is -2.19. The summed E-state index contributed by atoms with van der Waals surface area (Å²) in [5, 5.41) is 9.08. The highest BCUT2D eigenvalue weighted by molar-refractivity contribution is 5.84. The van der Waals surface area contributed by atoms with Crippen LogP contribution in [0, 0.1) is 0 Å². The molecule has 0 bridgehead atoms. The van der Waals surface area contributed by atoms with Crippen LogP contribution < -0.4 is 24.7 Å². The van der Waals surface area contributed by atoms with E-state index in [0.29, 0.717) is 23.7 Å². The van der Waals surface area contributed by atoms with E-state index in [-0.39, 0.29) is 11.8 Å². The van der Waals surface area contributed by atoms with E-state index in [1.807, 2.05) is 18.2 Å². The summed E-state index contributed by atoms with van der Waals surface area (Å²) < 4.78 is 21.0. The minimum absolute atomic E-state index is 0.185. The molecule has 1 amide bonds. The van der Waals surface area contributed by atoms with Crippen molar-refractivity contribution < 1.29 is 33.6 Å². The fraction of sp³-hybridized carbons (Fsp3) is 0.417. The highest BCUT2D eigenvalue weighted by atomic mass is 16.5. The molecule has 0 heterocycles. The van der Waals surface area contributed by atoms with Gasteiger partial charge < -0.3 is 29.8 Å². The zero-order valence-electron chi connectivity index (χ0n) is 18.8. The number of hydrogen-bond acceptors (Lipinski definition) is 6. The van der Waals surface area contributed by atoms with Crippen molar-refractivity contribution >= 4 is 11.9 Å². The summed E-state index contributed by atoms with van der Waals surface area (Å²) >= 11 is 0. The second kappa shape index (κ2) is 9.80. The first kappa shape index (κ1) is 23.2. The van der Waals surface area contributed by atoms with Crippen molar-refractivity contribution in [2.24, 2.45) is 5.73 Å². The summed E-state index contributed by atoms with van der Waals surface area (Å²) in [5.74, 6) is 1.12. The number of amides is 1. The number of fused-ring (bicyclic) bond motifs is 2. The Morgan fingerprint density at radius 1 is 0.781 bits per heavy atom. The number of primary amides is 1. The molecule has 3 N–H and O–H groups in total. The summed E-state index contributed by atoms with van der Waals surface area (Å²) in [7, 11) is 6.36. The van der Waals surface area contributed by atoms with Crippen LogP contribution in [0.4, 0.5) is 0 Å². The van der Waals surface area contributed by atoms with E-state index in [9.17, 15) is 9.59 Å². The zero-order valence-corrected chi connectivity index (χ0v) is 18.8. The predicted molar refractivity (Wildman–Crippen MR) is 118 cm³/mol. The maximum atomic E-state index is 11.3. The monoisotopic (exact) mass is 443 g/mol. The van der Waals surface area contributed by atoms with E-state index >= 15 is 0 Å². The van der Waals surface area contributed by atoms with E-state index in [4.69, 9.17) is 29.8 Å². The average Bonchev–Trinajstić information content (AvgIpc) is 3.42. The standard InChI is InChI=1S/C12H15NO3.C12H14O4/c2*1-15-10-6-5-7-8(11(10)16-2)3-4-9(7)12(13)14/h5-6,9H,3-4H2,1-2H3,(H2,13,14);5-6,9H,3-4H2,1-2H3,(H,13,14). The first-order valence-electron chi connectivity index (χ1n) is 10.4. The Labute approximate surface area is 187 Å². The average molecular weight is 443 g/mol. The number of ether oxygens (including phenoxy) is 4. The first-order chi connectivity index (χ1) is 15.4. The highest BCUT2D eigenvalue weighted by Gasteiger charge is 2.32. The number of methoxy groups -OCH3 is 4. The molecule has 2 aliphatic carbocycles. The molecule has 0 saturated carbocycles. The van der Waals surface area contributed by atoms with Gasteiger partial charge in [0.1, 0.15) is 0 Å². The number of carboxylic acid groups (broad SMARTS) is 1. The molecule has 172 valence electrons. The second-order valence-corrected chi connectivity index (χ2v) is 7.66. The molecule has 0 aliphatic heterocycles. The smallest absolute Gasteiger partial charge is 0.310 e. The molecule has 0 spiro atoms. The maximum absolute atomic E-state index is 11.3. The van der Waals surface area contributed by atoms with Gasteiger partial charge >= 0.3 is 5.97 Å². The van der Waals surface area contributed by atoms with Gasteiger partial charge in [-0.15, -0.1) is 0 Å². The predicted octanol–water partition coefficient (Wildman–Crippen LogP) is 3.04. The van der Waals surface area contributed by atoms with Crippen LogP contribution in [0.5, 0.6) is 23.0 Å². The van der Waals surface area contributed by atoms with Gasteiger partial charge in [0.2, 0.25) is 5.91 Å². The fourth-order valence-electron chi connectivity index (χ4n) is 4.62. The number of aliphatic carboxylic acids is 1. The molecular weight excluding hydrogens is 414 g/mol. The van der Waals surface area contributed by atoms with Crippen molar-refractivity contribution in [1.29, 1.82) is 0 Å². The molecule has 2 aromatic rings. The van der Waals surface area contributed by atoms with Crippen LogP contribution in [-0.2, 0) is 22.4 Å². The van der Waals surface area contributed by atoms with E-state index in [0.717, 1.165) is 47.3 Å². The van der Waals surface area contributed by atoms with Crippen molar-refractivity contribution in [3.63, 3.8) is 0 Å². The second-order valence-electron chi connectivity index (χ2n) is 7.66. The minimum Gasteiger partial charge on any atom is -0.493 e. The van der Waals surface area contributed by atoms with E-state index < -0.39 is 11.9 Å². The summed E-state index contributed by atoms with van der Waals surface area (Å²) in [4.78, 5) is 22.3. The molecule has 2 unspecified atom stereocenters. The summed E-state index contributed by atoms with van der Waals surface area (Å²) in [5.41, 5.74) is 9.21. The van der Waals surface area contributed by atoms with Gasteiger partial charge in [0, 0.05) is 11.1 Å². The molecule has 8 heteroatoms. The van der Waals surface area contributed by atoms with Gasteiger partial charge in [0.25, 0.3) is 0 Å². The van der Waals surface area contributed by atoms with Crippen LogP contribution in [0.1, 0.15) is 46.9 Å². The number of carbonyl (C=O) groups is 2. The van der Waals surface area contributed by atoms with Crippen LogP contribution in [0.2, 0.25) is 0 Å². The summed E-state index contributed by atoms with van der Waals surface area (Å²) in [6.45, 7) is 0. The Kier molecular flexibility index (Phi) is 7.12. The Morgan fingerprint density at radius 3 is 1.59 bits per heavy atom. The van der Waals surface area contributed by atoms with Crippen molar-refractivity contribution in [2.75, 3.05) is 28.4 Å². The molecule has 4 rings (SSSR count). The lowest BCUT2D eigenvalue weighted by atomic mass is 10.0. The molecule has 2 aliphatic rings. The molecule has 2 aromatic carbocycles. The Balaban J connectivity index is 0.000000181. The van der Waals surface area contributed by atoms with E-state index in [1.54, 1.807) is 34.5 Å². The first-order valence-corrected chi connectivity index (χ1v) is 10.4. The maximum Gasteiger partial charge on any atom is 0.310 e. The third kappa shape index (κ3) is 4.17. The number of benzene rings is 2. The van der Waals surface area contributed by atoms with E-state index in [1.165, 1.54) is 0 Å². The number of carbonyl (C=O) groups excluding carboxylic acids is 1. The lowest BCUT2D eigenvalue weighted by molar-refractivity contribution is -0.138. The fourth-order valence-corrected chi connectivity index (χ4v) is 4.62. The van der Waals surface area contributed by atoms with Gasteiger partial charge in [-0.2, -0.15) is 0 Å². The molecule has 0 fully saturated rings. The van der Waals surface area contributed by atoms with Crippen molar-refractivity contribution in [1.82, 2.24) is 0 Å². The number of rotatable bonds is 6. The van der Waals surface area contributed by atoms with E-state index in [2.05, 4.69) is 0 Å². The largest absolute Gasteiger partial charge is 0.493 e. The molecule has 0 radical (unpaired) electrons. The van der Waals surface area contributed by atoms with Crippen molar-refractivity contribution in [3.05, 3.63) is 46.5 Å². The molecule has 2 atom stereocenters. The normalized spacial score (nSPS) is 18.0. The van der Waals surface area contributed by atoms with Crippen LogP contribution in [-0.4, -0.2) is 45.4 Å². The van der Waals surface area contributed by atoms with Gasteiger partial charge in [-0.3, -0.25) is 9.59 Å². The SMILES string of the molecule is COc1ccc2c(c1OC)CCC2C(=O)O.COc1ccc2c(c1OC)CCC2C(N)=O. The summed E-state index contributed by atoms with van der Waals surface area (Å²) in [6.07, 6.45) is 2.93. The number of nitrogens with two attached hydrogens (primary N) is 1. The van der Waals surface area contributed by atoms with Gasteiger partial charge in [-0.05, 0) is 48.9 Å². The van der Waals surface area contributed by atoms with Gasteiger partial charge in [-0.1, -0.05) is 12.1 Å². The molecule has 32 heavy (non-hydrogen) atoms. The third-order valence-corrected chi connectivity index (χ3v) is 6.13. The summed E-state index contributed by atoms with van der Waals surface area (Å²) in [6, 6.07) is 7.30. The Morgan fingerprint density at radius 2 is 1.22 bits per heavy atom. The Hall–Kier alpha value is -3.42. The number of carboxylic acids is 1. The van der Waals surface area contributed by atoms with Crippen LogP contribution in [0.3, 0.4) is 0 Å². The molecule has 0 aromatic heterocycles. The van der Waals surface area contributed by atoms with Crippen molar-refractivity contribution in [2.45, 2.75) is 37.5 Å².